The molecule has 2 aromatic rings. The molecule has 2 aliphatic rings. The Bertz CT molecular complexity index is 804. The third kappa shape index (κ3) is 2.07. The molecule has 0 saturated carbocycles. The van der Waals surface area contributed by atoms with Crippen LogP contribution in [0.4, 0.5) is 0 Å². The van der Waals surface area contributed by atoms with Gasteiger partial charge in [-0.15, -0.1) is 11.3 Å². The van der Waals surface area contributed by atoms with Gasteiger partial charge in [0.1, 0.15) is 5.75 Å². The summed E-state index contributed by atoms with van der Waals surface area (Å²) in [7, 11) is 1.74. The second-order valence-corrected chi connectivity index (χ2v) is 7.75. The van der Waals surface area contributed by atoms with Gasteiger partial charge in [0.2, 0.25) is 0 Å². The third-order valence-electron chi connectivity index (χ3n) is 4.07. The molecule has 3 nitrogen and oxygen atoms in total. The number of allylic oxidation sites excluding steroid dienone is 1. The number of nitrogens with zero attached hydrogens (tertiary/aromatic N) is 2. The highest BCUT2D eigenvalue weighted by atomic mass is 32.2. The summed E-state index contributed by atoms with van der Waals surface area (Å²) in [5.74, 6) is 1.42. The van der Waals surface area contributed by atoms with E-state index in [4.69, 9.17) is 4.74 Å². The van der Waals surface area contributed by atoms with E-state index < -0.39 is 0 Å². The van der Waals surface area contributed by atoms with E-state index in [-0.39, 0.29) is 0 Å². The van der Waals surface area contributed by atoms with Crippen molar-refractivity contribution in [2.24, 2.45) is 10.9 Å². The molecular formula is C17H18N2OS2. The Morgan fingerprint density at radius 2 is 2.18 bits per heavy atom. The number of thioether (sulfide) groups is 1. The van der Waals surface area contributed by atoms with Crippen molar-refractivity contribution in [3.8, 4) is 5.75 Å². The Morgan fingerprint density at radius 3 is 2.95 bits per heavy atom. The molecule has 22 heavy (non-hydrogen) atoms. The van der Waals surface area contributed by atoms with Crippen LogP contribution in [-0.2, 0) is 0 Å². The Morgan fingerprint density at radius 1 is 1.32 bits per heavy atom. The van der Waals surface area contributed by atoms with Gasteiger partial charge in [-0.25, -0.2) is 0 Å². The minimum absolute atomic E-state index is 0.494. The maximum Gasteiger partial charge on any atom is 0.168 e. The normalized spacial score (nSPS) is 17.6. The van der Waals surface area contributed by atoms with Crippen molar-refractivity contribution in [3.63, 3.8) is 0 Å². The van der Waals surface area contributed by atoms with Gasteiger partial charge in [0.25, 0.3) is 0 Å². The lowest BCUT2D eigenvalue weighted by Gasteiger charge is -2.20. The fourth-order valence-electron chi connectivity index (χ4n) is 3.03. The van der Waals surface area contributed by atoms with Crippen molar-refractivity contribution in [2.75, 3.05) is 20.2 Å². The van der Waals surface area contributed by atoms with E-state index in [9.17, 15) is 0 Å². The molecule has 0 radical (unpaired) electrons. The number of rotatable bonds is 3. The first-order chi connectivity index (χ1) is 10.7. The largest absolute Gasteiger partial charge is 0.497 e. The molecule has 1 aromatic carbocycles. The number of benzene rings is 1. The van der Waals surface area contributed by atoms with Crippen LogP contribution in [0.2, 0.25) is 0 Å². The Hall–Kier alpha value is -1.46. The van der Waals surface area contributed by atoms with Gasteiger partial charge in [-0.2, -0.15) is 0 Å². The monoisotopic (exact) mass is 330 g/mol. The summed E-state index contributed by atoms with van der Waals surface area (Å²) < 4.78 is 6.80. The zero-order valence-corrected chi connectivity index (χ0v) is 14.6. The molecule has 5 heteroatoms. The van der Waals surface area contributed by atoms with Gasteiger partial charge < -0.3 is 9.64 Å². The highest BCUT2D eigenvalue weighted by Crippen LogP contribution is 2.47. The lowest BCUT2D eigenvalue weighted by molar-refractivity contribution is 0.415. The van der Waals surface area contributed by atoms with Crippen LogP contribution in [0.5, 0.6) is 5.75 Å². The minimum atomic E-state index is 0.494. The van der Waals surface area contributed by atoms with Crippen LogP contribution in [0.1, 0.15) is 19.4 Å². The Kier molecular flexibility index (Phi) is 3.42. The Balaban J connectivity index is 1.97. The molecule has 114 valence electrons. The standard InChI is InChI=1S/C17H18N2OS2/c1-10(2)16-15(19-6-5-18-17(19)22-16)13-8-11(20-3)9-14-12(13)4-7-21-14/h4,7-10H,5-6H2,1-3H3. The van der Waals surface area contributed by atoms with Crippen molar-refractivity contribution >= 4 is 44.0 Å². The summed E-state index contributed by atoms with van der Waals surface area (Å²) in [5.41, 5.74) is 2.61. The second kappa shape index (κ2) is 5.32. The molecule has 0 atom stereocenters. The van der Waals surface area contributed by atoms with Gasteiger partial charge in [-0.05, 0) is 29.5 Å². The van der Waals surface area contributed by atoms with Gasteiger partial charge in [0.15, 0.2) is 5.17 Å². The molecule has 0 spiro atoms. The summed E-state index contributed by atoms with van der Waals surface area (Å²) in [6.45, 7) is 6.40. The summed E-state index contributed by atoms with van der Waals surface area (Å²) in [4.78, 5) is 8.45. The van der Waals surface area contributed by atoms with Crippen LogP contribution in [-0.4, -0.2) is 30.3 Å². The highest BCUT2D eigenvalue weighted by Gasteiger charge is 2.34. The number of ether oxygens (including phenoxy) is 1. The average molecular weight is 330 g/mol. The zero-order chi connectivity index (χ0) is 15.3. The molecule has 4 rings (SSSR count). The first kappa shape index (κ1) is 14.2. The predicted octanol–water partition coefficient (Wildman–Crippen LogP) is 4.65. The molecule has 0 fully saturated rings. The molecule has 2 aliphatic heterocycles. The zero-order valence-electron chi connectivity index (χ0n) is 12.9. The number of hydrogen-bond donors (Lipinski definition) is 0. The van der Waals surface area contributed by atoms with Crippen LogP contribution in [0, 0.1) is 5.92 Å². The minimum Gasteiger partial charge on any atom is -0.497 e. The number of amidine groups is 1. The third-order valence-corrected chi connectivity index (χ3v) is 6.35. The van der Waals surface area contributed by atoms with Gasteiger partial charge in [0.05, 0.1) is 19.4 Å². The van der Waals surface area contributed by atoms with Gasteiger partial charge in [0, 0.05) is 27.1 Å². The van der Waals surface area contributed by atoms with E-state index in [1.165, 1.54) is 26.3 Å². The molecule has 1 aromatic heterocycles. The van der Waals surface area contributed by atoms with Crippen molar-refractivity contribution in [2.45, 2.75) is 13.8 Å². The van der Waals surface area contributed by atoms with E-state index in [0.717, 1.165) is 24.0 Å². The second-order valence-electron chi connectivity index (χ2n) is 5.79. The number of aliphatic imine (C=N–C) groups is 1. The summed E-state index contributed by atoms with van der Waals surface area (Å²) >= 11 is 3.60. The maximum absolute atomic E-state index is 5.53. The first-order valence-corrected chi connectivity index (χ1v) is 9.18. The fourth-order valence-corrected chi connectivity index (χ4v) is 5.07. The van der Waals surface area contributed by atoms with E-state index in [1.54, 1.807) is 18.4 Å². The molecule has 0 bridgehead atoms. The van der Waals surface area contributed by atoms with E-state index in [0.29, 0.717) is 5.92 Å². The lowest BCUT2D eigenvalue weighted by Crippen LogP contribution is -2.20. The van der Waals surface area contributed by atoms with E-state index in [1.807, 2.05) is 11.8 Å². The molecule has 0 amide bonds. The van der Waals surface area contributed by atoms with Crippen molar-refractivity contribution < 1.29 is 4.74 Å². The molecule has 0 unspecified atom stereocenters. The number of methoxy groups -OCH3 is 1. The quantitative estimate of drug-likeness (QED) is 0.819. The van der Waals surface area contributed by atoms with Crippen LogP contribution < -0.4 is 4.74 Å². The fraction of sp³-hybridized carbons (Fsp3) is 0.353. The van der Waals surface area contributed by atoms with Crippen LogP contribution in [0.15, 0.2) is 33.5 Å². The van der Waals surface area contributed by atoms with Crippen LogP contribution in [0.3, 0.4) is 0 Å². The average Bonchev–Trinajstić information content (AvgIpc) is 3.20. The van der Waals surface area contributed by atoms with Gasteiger partial charge in [-0.1, -0.05) is 25.6 Å². The SMILES string of the molecule is COc1cc(C2=C(C(C)C)SC3=NCCN32)c2ccsc2c1. The predicted molar refractivity (Wildman–Crippen MR) is 96.7 cm³/mol. The van der Waals surface area contributed by atoms with E-state index in [2.05, 4.69) is 47.3 Å². The van der Waals surface area contributed by atoms with Crippen molar-refractivity contribution in [1.82, 2.24) is 4.90 Å². The molecular weight excluding hydrogens is 312 g/mol. The van der Waals surface area contributed by atoms with Crippen molar-refractivity contribution in [1.29, 1.82) is 0 Å². The van der Waals surface area contributed by atoms with E-state index >= 15 is 0 Å². The number of fused-ring (bicyclic) bond motifs is 2. The smallest absolute Gasteiger partial charge is 0.168 e. The van der Waals surface area contributed by atoms with Crippen LogP contribution in [0.25, 0.3) is 15.8 Å². The summed E-state index contributed by atoms with van der Waals surface area (Å²) in [5, 5.41) is 4.63. The lowest BCUT2D eigenvalue weighted by atomic mass is 10.0. The number of hydrogen-bond acceptors (Lipinski definition) is 5. The van der Waals surface area contributed by atoms with Gasteiger partial charge >= 0.3 is 0 Å². The molecule has 0 saturated heterocycles. The number of thiophene rings is 1. The summed E-state index contributed by atoms with van der Waals surface area (Å²) in [6, 6.07) is 6.52. The summed E-state index contributed by atoms with van der Waals surface area (Å²) in [6.07, 6.45) is 0. The maximum atomic E-state index is 5.53. The topological polar surface area (TPSA) is 24.8 Å². The molecule has 3 heterocycles. The van der Waals surface area contributed by atoms with Crippen LogP contribution >= 0.6 is 23.1 Å². The van der Waals surface area contributed by atoms with Gasteiger partial charge in [-0.3, -0.25) is 4.99 Å². The Labute approximate surface area is 138 Å². The van der Waals surface area contributed by atoms with Crippen molar-refractivity contribution in [3.05, 3.63) is 34.0 Å². The first-order valence-electron chi connectivity index (χ1n) is 7.48. The molecule has 0 aliphatic carbocycles. The molecule has 0 N–H and O–H groups in total. The highest BCUT2D eigenvalue weighted by molar-refractivity contribution is 8.17.